The summed E-state index contributed by atoms with van der Waals surface area (Å²) < 4.78 is 1.66. The van der Waals surface area contributed by atoms with E-state index in [4.69, 9.17) is 11.6 Å². The number of carbonyl (C=O) groups excluding carboxylic acids is 1. The zero-order valence-electron chi connectivity index (χ0n) is 15.6. The summed E-state index contributed by atoms with van der Waals surface area (Å²) in [6, 6.07) is 5.89. The Balaban J connectivity index is 1.48. The summed E-state index contributed by atoms with van der Waals surface area (Å²) in [5, 5.41) is 16.9. The normalized spacial score (nSPS) is 21.4. The Kier molecular flexibility index (Phi) is 4.34. The van der Waals surface area contributed by atoms with Crippen molar-refractivity contribution in [3.63, 3.8) is 0 Å². The van der Waals surface area contributed by atoms with Gasteiger partial charge >= 0.3 is 0 Å². The van der Waals surface area contributed by atoms with E-state index < -0.39 is 5.54 Å². The SMILES string of the molecule is O=C(N[C@H]1CCCc2c1[nH]c1ccc(Cl)cc21)C1(n2cnnn2)CCCCC1. The molecule has 2 aliphatic rings. The molecule has 2 aromatic heterocycles. The van der Waals surface area contributed by atoms with Crippen LogP contribution >= 0.6 is 11.6 Å². The number of aryl methyl sites for hydroxylation is 1. The Morgan fingerprint density at radius 2 is 2.11 bits per heavy atom. The van der Waals surface area contributed by atoms with Gasteiger partial charge in [-0.15, -0.1) is 5.10 Å². The van der Waals surface area contributed by atoms with Crippen molar-refractivity contribution in [2.24, 2.45) is 0 Å². The molecule has 1 saturated carbocycles. The predicted octanol–water partition coefficient (Wildman–Crippen LogP) is 3.66. The van der Waals surface area contributed by atoms with Gasteiger partial charge in [-0.25, -0.2) is 4.68 Å². The number of H-pyrrole nitrogens is 1. The number of nitrogens with zero attached hydrogens (tertiary/aromatic N) is 4. The number of tetrazole rings is 1. The van der Waals surface area contributed by atoms with E-state index in [9.17, 15) is 4.79 Å². The van der Waals surface area contributed by atoms with Gasteiger partial charge in [0.15, 0.2) is 0 Å². The molecule has 28 heavy (non-hydrogen) atoms. The summed E-state index contributed by atoms with van der Waals surface area (Å²) >= 11 is 6.21. The number of benzene rings is 1. The first-order chi connectivity index (χ1) is 13.7. The zero-order chi connectivity index (χ0) is 19.1. The molecule has 0 saturated heterocycles. The van der Waals surface area contributed by atoms with Crippen LogP contribution in [0.2, 0.25) is 5.02 Å². The van der Waals surface area contributed by atoms with Gasteiger partial charge in [-0.05, 0) is 66.3 Å². The van der Waals surface area contributed by atoms with Crippen LogP contribution in [0.15, 0.2) is 24.5 Å². The number of amides is 1. The third-order valence-corrected chi connectivity index (χ3v) is 6.60. The molecule has 0 bridgehead atoms. The first-order valence-corrected chi connectivity index (χ1v) is 10.4. The largest absolute Gasteiger partial charge is 0.356 e. The van der Waals surface area contributed by atoms with E-state index in [1.807, 2.05) is 18.2 Å². The highest BCUT2D eigenvalue weighted by Crippen LogP contribution is 2.38. The number of rotatable bonds is 3. The second-order valence-corrected chi connectivity index (χ2v) is 8.41. The lowest BCUT2D eigenvalue weighted by Gasteiger charge is -2.37. The van der Waals surface area contributed by atoms with Crippen LogP contribution in [0.3, 0.4) is 0 Å². The second-order valence-electron chi connectivity index (χ2n) is 7.97. The first kappa shape index (κ1) is 17.7. The zero-order valence-corrected chi connectivity index (χ0v) is 16.4. The number of nitrogens with one attached hydrogen (secondary N) is 2. The van der Waals surface area contributed by atoms with Gasteiger partial charge < -0.3 is 10.3 Å². The minimum absolute atomic E-state index is 0.0223. The lowest BCUT2D eigenvalue weighted by Crippen LogP contribution is -2.51. The summed E-state index contributed by atoms with van der Waals surface area (Å²) in [6.07, 6.45) is 9.23. The molecule has 1 atom stereocenters. The van der Waals surface area contributed by atoms with Gasteiger partial charge in [-0.2, -0.15) is 0 Å². The van der Waals surface area contributed by atoms with E-state index in [1.54, 1.807) is 11.0 Å². The Morgan fingerprint density at radius 1 is 1.25 bits per heavy atom. The molecule has 0 radical (unpaired) electrons. The maximum Gasteiger partial charge on any atom is 0.248 e. The van der Waals surface area contributed by atoms with Crippen molar-refractivity contribution in [3.05, 3.63) is 40.8 Å². The quantitative estimate of drug-likeness (QED) is 0.704. The van der Waals surface area contributed by atoms with Crippen molar-refractivity contribution in [2.45, 2.75) is 62.9 Å². The van der Waals surface area contributed by atoms with Crippen LogP contribution in [-0.2, 0) is 16.8 Å². The van der Waals surface area contributed by atoms with Crippen LogP contribution in [-0.4, -0.2) is 31.1 Å². The van der Waals surface area contributed by atoms with Gasteiger partial charge in [0.25, 0.3) is 0 Å². The van der Waals surface area contributed by atoms with Gasteiger partial charge in [0.05, 0.1) is 6.04 Å². The van der Waals surface area contributed by atoms with Crippen LogP contribution in [0.4, 0.5) is 0 Å². The van der Waals surface area contributed by atoms with Gasteiger partial charge in [0, 0.05) is 21.6 Å². The van der Waals surface area contributed by atoms with Crippen LogP contribution in [0.5, 0.6) is 0 Å². The number of aromatic nitrogens is 5. The predicted molar refractivity (Wildman–Crippen MR) is 106 cm³/mol. The summed E-state index contributed by atoms with van der Waals surface area (Å²) in [5.41, 5.74) is 2.77. The van der Waals surface area contributed by atoms with E-state index in [-0.39, 0.29) is 11.9 Å². The number of hydrogen-bond donors (Lipinski definition) is 2. The van der Waals surface area contributed by atoms with Gasteiger partial charge in [-0.3, -0.25) is 4.79 Å². The fourth-order valence-electron chi connectivity index (χ4n) is 4.93. The third-order valence-electron chi connectivity index (χ3n) is 6.37. The van der Waals surface area contributed by atoms with E-state index in [1.165, 1.54) is 5.56 Å². The van der Waals surface area contributed by atoms with Crippen molar-refractivity contribution in [2.75, 3.05) is 0 Å². The number of halogens is 1. The molecule has 7 nitrogen and oxygen atoms in total. The Morgan fingerprint density at radius 3 is 2.89 bits per heavy atom. The minimum Gasteiger partial charge on any atom is -0.356 e. The lowest BCUT2D eigenvalue weighted by atomic mass is 9.80. The van der Waals surface area contributed by atoms with E-state index in [0.717, 1.165) is 73.0 Å². The fraction of sp³-hybridized carbons (Fsp3) is 0.500. The summed E-state index contributed by atoms with van der Waals surface area (Å²) in [7, 11) is 0. The topological polar surface area (TPSA) is 88.5 Å². The summed E-state index contributed by atoms with van der Waals surface area (Å²) in [5.74, 6) is 0.0223. The molecule has 1 aromatic carbocycles. The molecule has 146 valence electrons. The first-order valence-electron chi connectivity index (χ1n) is 10.0. The molecule has 8 heteroatoms. The van der Waals surface area contributed by atoms with Crippen molar-refractivity contribution in [3.8, 4) is 0 Å². The van der Waals surface area contributed by atoms with Crippen LogP contribution in [0.25, 0.3) is 10.9 Å². The second kappa shape index (κ2) is 6.88. The van der Waals surface area contributed by atoms with Crippen molar-refractivity contribution in [1.29, 1.82) is 0 Å². The average molecular weight is 399 g/mol. The van der Waals surface area contributed by atoms with E-state index >= 15 is 0 Å². The highest BCUT2D eigenvalue weighted by Gasteiger charge is 2.43. The number of carbonyl (C=O) groups is 1. The van der Waals surface area contributed by atoms with Crippen LogP contribution < -0.4 is 5.32 Å². The van der Waals surface area contributed by atoms with Gasteiger partial charge in [-0.1, -0.05) is 30.9 Å². The molecule has 5 rings (SSSR count). The molecule has 2 heterocycles. The fourth-order valence-corrected chi connectivity index (χ4v) is 5.10. The van der Waals surface area contributed by atoms with Gasteiger partial charge in [0.1, 0.15) is 11.9 Å². The maximum atomic E-state index is 13.5. The van der Waals surface area contributed by atoms with Crippen molar-refractivity contribution in [1.82, 2.24) is 30.5 Å². The molecule has 1 fully saturated rings. The Bertz CT molecular complexity index is 1010. The molecule has 3 aromatic rings. The standard InChI is InChI=1S/C20H23ClN6O/c21-13-7-8-16-15(11-13)14-5-4-6-17(18(14)23-16)24-19(28)20(9-2-1-3-10-20)27-12-22-25-26-27/h7-8,11-12,17,23H,1-6,9-10H2,(H,24,28)/t17-/m0/s1. The number of hydrogen-bond acceptors (Lipinski definition) is 4. The lowest BCUT2D eigenvalue weighted by molar-refractivity contribution is -0.133. The van der Waals surface area contributed by atoms with Crippen molar-refractivity contribution < 1.29 is 4.79 Å². The highest BCUT2D eigenvalue weighted by atomic mass is 35.5. The number of aromatic amines is 1. The molecule has 2 N–H and O–H groups in total. The van der Waals surface area contributed by atoms with E-state index in [0.29, 0.717) is 0 Å². The molecule has 2 aliphatic carbocycles. The average Bonchev–Trinajstić information content (AvgIpc) is 3.37. The molecular weight excluding hydrogens is 376 g/mol. The molecule has 0 spiro atoms. The summed E-state index contributed by atoms with van der Waals surface area (Å²) in [4.78, 5) is 17.0. The third kappa shape index (κ3) is 2.80. The molecule has 1 amide bonds. The molecule has 0 aliphatic heterocycles. The summed E-state index contributed by atoms with van der Waals surface area (Å²) in [6.45, 7) is 0. The maximum absolute atomic E-state index is 13.5. The van der Waals surface area contributed by atoms with Crippen LogP contribution in [0, 0.1) is 0 Å². The van der Waals surface area contributed by atoms with Crippen molar-refractivity contribution >= 4 is 28.4 Å². The van der Waals surface area contributed by atoms with Crippen LogP contribution in [0.1, 0.15) is 62.2 Å². The van der Waals surface area contributed by atoms with E-state index in [2.05, 4.69) is 25.8 Å². The molecular formula is C20H23ClN6O. The highest BCUT2D eigenvalue weighted by molar-refractivity contribution is 6.31. The van der Waals surface area contributed by atoms with Gasteiger partial charge in [0.2, 0.25) is 5.91 Å². The Labute approximate surface area is 167 Å². The molecule has 0 unspecified atom stereocenters. The Hall–Kier alpha value is -2.41. The number of fused-ring (bicyclic) bond motifs is 3. The smallest absolute Gasteiger partial charge is 0.248 e. The minimum atomic E-state index is -0.686. The monoisotopic (exact) mass is 398 g/mol.